The zero-order valence-electron chi connectivity index (χ0n) is 19.6. The Labute approximate surface area is 198 Å². The molecule has 2 aliphatic rings. The third-order valence-corrected chi connectivity index (χ3v) is 5.58. The van der Waals surface area contributed by atoms with Crippen molar-refractivity contribution < 1.29 is 28.2 Å². The third-order valence-electron chi connectivity index (χ3n) is 5.58. The number of hydrogen-bond donors (Lipinski definition) is 1. The van der Waals surface area contributed by atoms with Crippen LogP contribution in [0, 0.1) is 17.8 Å². The first-order valence-corrected chi connectivity index (χ1v) is 11.1. The minimum absolute atomic E-state index is 0.0446. The lowest BCUT2D eigenvalue weighted by atomic mass is 9.97. The van der Waals surface area contributed by atoms with Crippen LogP contribution in [0.25, 0.3) is 4.85 Å². The molecule has 182 valence electrons. The molecule has 0 radical (unpaired) electrons. The Morgan fingerprint density at radius 3 is 2.65 bits per heavy atom. The van der Waals surface area contributed by atoms with Gasteiger partial charge in [0.1, 0.15) is 11.9 Å². The van der Waals surface area contributed by atoms with Gasteiger partial charge in [-0.2, -0.15) is 0 Å². The number of nitrogens with zero attached hydrogens (tertiary/aromatic N) is 3. The molecular weight excluding hydrogens is 443 g/mol. The molecule has 0 aromatic heterocycles. The maximum Gasteiger partial charge on any atom is 0.414 e. The average molecular weight is 473 g/mol. The topological polar surface area (TPSA) is 92.5 Å². The molecule has 10 heteroatoms. The number of amides is 2. The summed E-state index contributed by atoms with van der Waals surface area (Å²) in [7, 11) is 0. The number of ether oxygens (including phenoxy) is 2. The number of carbonyl (C=O) groups is 3. The summed E-state index contributed by atoms with van der Waals surface area (Å²) in [6.07, 6.45) is 1.72. The SMILES string of the molecule is [C-]#[N+]C=C1CCN(c2ccc(N3C[C@H](CNC(=O)COC(=O)C(C)(C)C)OC3=O)cc2F)CC1. The van der Waals surface area contributed by atoms with E-state index in [1.54, 1.807) is 32.9 Å². The predicted molar refractivity (Wildman–Crippen MR) is 124 cm³/mol. The monoisotopic (exact) mass is 472 g/mol. The highest BCUT2D eigenvalue weighted by Gasteiger charge is 2.33. The lowest BCUT2D eigenvalue weighted by molar-refractivity contribution is -0.156. The summed E-state index contributed by atoms with van der Waals surface area (Å²) in [5.41, 5.74) is 1.17. The Kier molecular flexibility index (Phi) is 7.76. The molecule has 0 saturated carbocycles. The fraction of sp³-hybridized carbons (Fsp3) is 0.500. The van der Waals surface area contributed by atoms with Crippen molar-refractivity contribution in [1.29, 1.82) is 0 Å². The first-order valence-electron chi connectivity index (χ1n) is 11.1. The van der Waals surface area contributed by atoms with Gasteiger partial charge < -0.3 is 19.7 Å². The molecule has 3 rings (SSSR count). The molecule has 9 nitrogen and oxygen atoms in total. The molecule has 34 heavy (non-hydrogen) atoms. The van der Waals surface area contributed by atoms with E-state index in [0.717, 1.165) is 5.57 Å². The van der Waals surface area contributed by atoms with E-state index in [1.807, 2.05) is 4.90 Å². The number of rotatable bonds is 6. The van der Waals surface area contributed by atoms with Crippen molar-refractivity contribution in [3.05, 3.63) is 47.2 Å². The first-order chi connectivity index (χ1) is 16.1. The second-order valence-electron chi connectivity index (χ2n) is 9.29. The Morgan fingerprint density at radius 1 is 1.32 bits per heavy atom. The van der Waals surface area contributed by atoms with Gasteiger partial charge in [0.15, 0.2) is 12.8 Å². The molecule has 1 atom stereocenters. The normalized spacial score (nSPS) is 18.3. The molecule has 2 amide bonds. The van der Waals surface area contributed by atoms with Crippen molar-refractivity contribution in [3.63, 3.8) is 0 Å². The van der Waals surface area contributed by atoms with Crippen molar-refractivity contribution >= 4 is 29.3 Å². The third kappa shape index (κ3) is 6.25. The number of anilines is 2. The standard InChI is InChI=1S/C24H29FN4O5/c1-24(2,3)22(31)33-15-21(30)27-13-18-14-29(23(32)34-18)17-5-6-20(19(25)11-17)28-9-7-16(8-10-28)12-26-4/h5-6,11-12,18H,7-10,13-15H2,1-3H3,(H,27,30)/t18-/m0/s1. The summed E-state index contributed by atoms with van der Waals surface area (Å²) in [6, 6.07) is 4.60. The molecule has 2 aliphatic heterocycles. The molecule has 2 fully saturated rings. The fourth-order valence-corrected chi connectivity index (χ4v) is 3.64. The number of esters is 1. The van der Waals surface area contributed by atoms with E-state index in [4.69, 9.17) is 16.0 Å². The molecule has 0 unspecified atom stereocenters. The maximum atomic E-state index is 14.9. The van der Waals surface area contributed by atoms with Crippen molar-refractivity contribution in [2.24, 2.45) is 5.41 Å². The summed E-state index contributed by atoms with van der Waals surface area (Å²) >= 11 is 0. The van der Waals surface area contributed by atoms with Crippen LogP contribution in [-0.4, -0.2) is 56.9 Å². The van der Waals surface area contributed by atoms with Crippen molar-refractivity contribution in [3.8, 4) is 0 Å². The molecule has 2 heterocycles. The minimum Gasteiger partial charge on any atom is -0.455 e. The summed E-state index contributed by atoms with van der Waals surface area (Å²) in [4.78, 5) is 42.5. The van der Waals surface area contributed by atoms with E-state index < -0.39 is 41.9 Å². The van der Waals surface area contributed by atoms with Crippen LogP contribution in [0.3, 0.4) is 0 Å². The van der Waals surface area contributed by atoms with Crippen LogP contribution in [0.1, 0.15) is 33.6 Å². The molecule has 1 aromatic carbocycles. The molecule has 2 saturated heterocycles. The van der Waals surface area contributed by atoms with Gasteiger partial charge >= 0.3 is 12.1 Å². The van der Waals surface area contributed by atoms with Crippen LogP contribution in [0.2, 0.25) is 0 Å². The van der Waals surface area contributed by atoms with Crippen molar-refractivity contribution in [2.45, 2.75) is 39.7 Å². The maximum absolute atomic E-state index is 14.9. The molecule has 1 aromatic rings. The number of carbonyl (C=O) groups excluding carboxylic acids is 3. The van der Waals surface area contributed by atoms with Gasteiger partial charge in [-0.15, -0.1) is 0 Å². The minimum atomic E-state index is -0.709. The second-order valence-corrected chi connectivity index (χ2v) is 9.29. The van der Waals surface area contributed by atoms with Crippen LogP contribution in [0.4, 0.5) is 20.6 Å². The second kappa shape index (κ2) is 10.5. The van der Waals surface area contributed by atoms with Crippen LogP contribution < -0.4 is 15.1 Å². The van der Waals surface area contributed by atoms with E-state index in [0.29, 0.717) is 37.3 Å². The Bertz CT molecular complexity index is 1020. The van der Waals surface area contributed by atoms with Crippen LogP contribution in [0.15, 0.2) is 30.0 Å². The number of piperidine rings is 1. The van der Waals surface area contributed by atoms with Gasteiger partial charge in [0, 0.05) is 13.1 Å². The van der Waals surface area contributed by atoms with Crippen LogP contribution in [0.5, 0.6) is 0 Å². The van der Waals surface area contributed by atoms with E-state index in [1.165, 1.54) is 17.2 Å². The highest BCUT2D eigenvalue weighted by atomic mass is 19.1. The van der Waals surface area contributed by atoms with E-state index in [9.17, 15) is 18.8 Å². The smallest absolute Gasteiger partial charge is 0.414 e. The van der Waals surface area contributed by atoms with Crippen LogP contribution in [-0.2, 0) is 19.1 Å². The quantitative estimate of drug-likeness (QED) is 0.505. The number of cyclic esters (lactones) is 1. The number of hydrogen-bond acceptors (Lipinski definition) is 6. The number of halogens is 1. The van der Waals surface area contributed by atoms with Crippen LogP contribution >= 0.6 is 0 Å². The lowest BCUT2D eigenvalue weighted by Crippen LogP contribution is -2.37. The van der Waals surface area contributed by atoms with Gasteiger partial charge in [0.25, 0.3) is 5.91 Å². The zero-order chi connectivity index (χ0) is 24.9. The van der Waals surface area contributed by atoms with E-state index >= 15 is 0 Å². The molecule has 0 bridgehead atoms. The number of nitrogens with one attached hydrogen (secondary N) is 1. The Morgan fingerprint density at radius 2 is 2.03 bits per heavy atom. The average Bonchev–Trinajstić information content (AvgIpc) is 3.16. The van der Waals surface area contributed by atoms with E-state index in [-0.39, 0.29) is 13.1 Å². The highest BCUT2D eigenvalue weighted by Crippen LogP contribution is 2.30. The summed E-state index contributed by atoms with van der Waals surface area (Å²) in [5.74, 6) is -1.44. The molecular formula is C24H29FN4O5. The summed E-state index contributed by atoms with van der Waals surface area (Å²) in [5, 5.41) is 2.58. The molecule has 1 N–H and O–H groups in total. The lowest BCUT2D eigenvalue weighted by Gasteiger charge is -2.31. The largest absolute Gasteiger partial charge is 0.455 e. The van der Waals surface area contributed by atoms with Gasteiger partial charge in [-0.05, 0) is 51.8 Å². The zero-order valence-corrected chi connectivity index (χ0v) is 19.6. The van der Waals surface area contributed by atoms with Crippen molar-refractivity contribution in [2.75, 3.05) is 42.6 Å². The molecule has 0 spiro atoms. The first kappa shape index (κ1) is 25.0. The van der Waals surface area contributed by atoms with Gasteiger partial charge in [0.2, 0.25) is 0 Å². The Hall–Kier alpha value is -3.61. The van der Waals surface area contributed by atoms with Gasteiger partial charge in [-0.25, -0.2) is 14.0 Å². The summed E-state index contributed by atoms with van der Waals surface area (Å²) in [6.45, 7) is 13.0. The summed E-state index contributed by atoms with van der Waals surface area (Å²) < 4.78 is 25.1. The number of benzene rings is 1. The Balaban J connectivity index is 1.52. The van der Waals surface area contributed by atoms with Gasteiger partial charge in [-0.3, -0.25) is 14.5 Å². The fourth-order valence-electron chi connectivity index (χ4n) is 3.64. The highest BCUT2D eigenvalue weighted by molar-refractivity contribution is 5.90. The van der Waals surface area contributed by atoms with Gasteiger partial charge in [-0.1, -0.05) is 5.57 Å². The predicted octanol–water partition coefficient (Wildman–Crippen LogP) is 3.26. The van der Waals surface area contributed by atoms with Gasteiger partial charge in [0.05, 0.1) is 36.5 Å². The van der Waals surface area contributed by atoms with Crippen molar-refractivity contribution in [1.82, 2.24) is 5.32 Å². The van der Waals surface area contributed by atoms with E-state index in [2.05, 4.69) is 10.2 Å². The molecule has 0 aliphatic carbocycles.